The highest BCUT2D eigenvalue weighted by Crippen LogP contribution is 2.25. The molecule has 5 nitrogen and oxygen atoms in total. The van der Waals surface area contributed by atoms with Gasteiger partial charge in [-0.3, -0.25) is 4.79 Å². The Morgan fingerprint density at radius 3 is 2.07 bits per heavy atom. The van der Waals surface area contributed by atoms with E-state index in [9.17, 15) is 4.79 Å². The summed E-state index contributed by atoms with van der Waals surface area (Å²) in [4.78, 5) is 12.1. The molecular formula is C22H21NO4. The zero-order valence-electron chi connectivity index (χ0n) is 15.5. The van der Waals surface area contributed by atoms with Gasteiger partial charge in [0.2, 0.25) is 5.78 Å². The van der Waals surface area contributed by atoms with Crippen molar-refractivity contribution in [1.29, 1.82) is 0 Å². The molecule has 0 unspecified atom stereocenters. The highest BCUT2D eigenvalue weighted by Gasteiger charge is 2.07. The van der Waals surface area contributed by atoms with Crippen LogP contribution >= 0.6 is 0 Å². The van der Waals surface area contributed by atoms with Crippen molar-refractivity contribution in [2.45, 2.75) is 13.8 Å². The van der Waals surface area contributed by atoms with Crippen LogP contribution in [0.4, 0.5) is 5.69 Å². The van der Waals surface area contributed by atoms with Crippen molar-refractivity contribution < 1.29 is 18.7 Å². The van der Waals surface area contributed by atoms with Gasteiger partial charge < -0.3 is 19.2 Å². The molecule has 0 bridgehead atoms. The minimum atomic E-state index is -0.174. The quantitative estimate of drug-likeness (QED) is 0.438. The molecule has 2 aromatic carbocycles. The van der Waals surface area contributed by atoms with Gasteiger partial charge in [-0.05, 0) is 74.5 Å². The maximum Gasteiger partial charge on any atom is 0.222 e. The fourth-order valence-electron chi connectivity index (χ4n) is 2.48. The molecule has 0 aliphatic heterocycles. The number of rotatable bonds is 7. The Morgan fingerprint density at radius 2 is 1.52 bits per heavy atom. The minimum absolute atomic E-state index is 0.174. The second-order valence-corrected chi connectivity index (χ2v) is 6.03. The monoisotopic (exact) mass is 363 g/mol. The number of ketones is 1. The van der Waals surface area contributed by atoms with Gasteiger partial charge in [0.05, 0.1) is 7.11 Å². The Balaban J connectivity index is 1.61. The van der Waals surface area contributed by atoms with E-state index in [-0.39, 0.29) is 5.78 Å². The number of methoxy groups -OCH3 is 1. The van der Waals surface area contributed by atoms with E-state index in [2.05, 4.69) is 5.32 Å². The van der Waals surface area contributed by atoms with Gasteiger partial charge in [0, 0.05) is 17.5 Å². The smallest absolute Gasteiger partial charge is 0.222 e. The Hall–Kier alpha value is -3.47. The Bertz CT molecular complexity index is 937. The number of benzene rings is 2. The van der Waals surface area contributed by atoms with Gasteiger partial charge in [-0.15, -0.1) is 0 Å². The van der Waals surface area contributed by atoms with Crippen LogP contribution in [-0.2, 0) is 0 Å². The highest BCUT2D eigenvalue weighted by atomic mass is 16.5. The summed E-state index contributed by atoms with van der Waals surface area (Å²) in [6.45, 7) is 3.64. The standard InChI is InChI=1S/C22H21NO4/c1-15(14-21(24)22-13-4-16(2)26-22)23-17-5-7-19(8-6-17)27-20-11-9-18(25-3)10-12-20/h4-14,23H,1-3H3/b15-14+. The van der Waals surface area contributed by atoms with E-state index in [4.69, 9.17) is 13.9 Å². The van der Waals surface area contributed by atoms with Crippen LogP contribution in [0.25, 0.3) is 0 Å². The van der Waals surface area contributed by atoms with Crippen molar-refractivity contribution in [3.05, 3.63) is 84.0 Å². The van der Waals surface area contributed by atoms with E-state index in [1.807, 2.05) is 55.5 Å². The molecule has 0 aliphatic rings. The van der Waals surface area contributed by atoms with Crippen LogP contribution in [0.3, 0.4) is 0 Å². The van der Waals surface area contributed by atoms with E-state index in [1.54, 1.807) is 26.2 Å². The summed E-state index contributed by atoms with van der Waals surface area (Å²) in [5.74, 6) is 3.10. The van der Waals surface area contributed by atoms with Crippen molar-refractivity contribution in [3.63, 3.8) is 0 Å². The Labute approximate surface area is 158 Å². The van der Waals surface area contributed by atoms with Gasteiger partial charge >= 0.3 is 0 Å². The average Bonchev–Trinajstić information content (AvgIpc) is 3.10. The number of hydrogen-bond donors (Lipinski definition) is 1. The summed E-state index contributed by atoms with van der Waals surface area (Å²) in [6, 6.07) is 18.3. The third-order valence-corrected chi connectivity index (χ3v) is 3.82. The molecule has 0 fully saturated rings. The molecular weight excluding hydrogens is 342 g/mol. The van der Waals surface area contributed by atoms with Gasteiger partial charge in [0.1, 0.15) is 23.0 Å². The molecule has 0 radical (unpaired) electrons. The van der Waals surface area contributed by atoms with Crippen LogP contribution < -0.4 is 14.8 Å². The molecule has 0 amide bonds. The Kier molecular flexibility index (Phi) is 5.61. The van der Waals surface area contributed by atoms with Crippen LogP contribution in [0.2, 0.25) is 0 Å². The second-order valence-electron chi connectivity index (χ2n) is 6.03. The molecule has 0 atom stereocenters. The SMILES string of the molecule is COc1ccc(Oc2ccc(N/C(C)=C/C(=O)c3ccc(C)o3)cc2)cc1. The van der Waals surface area contributed by atoms with E-state index in [1.165, 1.54) is 6.08 Å². The molecule has 138 valence electrons. The molecule has 0 spiro atoms. The van der Waals surface area contributed by atoms with Crippen LogP contribution in [-0.4, -0.2) is 12.9 Å². The largest absolute Gasteiger partial charge is 0.497 e. The average molecular weight is 363 g/mol. The summed E-state index contributed by atoms with van der Waals surface area (Å²) >= 11 is 0. The van der Waals surface area contributed by atoms with Crippen molar-refractivity contribution in [3.8, 4) is 17.2 Å². The minimum Gasteiger partial charge on any atom is -0.497 e. The number of furan rings is 1. The number of ether oxygens (including phenoxy) is 2. The first kappa shape index (κ1) is 18.3. The first-order valence-corrected chi connectivity index (χ1v) is 8.51. The molecule has 0 saturated carbocycles. The van der Waals surface area contributed by atoms with Crippen LogP contribution in [0.1, 0.15) is 23.2 Å². The topological polar surface area (TPSA) is 60.7 Å². The zero-order valence-corrected chi connectivity index (χ0v) is 15.5. The number of hydrogen-bond acceptors (Lipinski definition) is 5. The molecule has 1 N–H and O–H groups in total. The fraction of sp³-hybridized carbons (Fsp3) is 0.136. The number of anilines is 1. The normalized spacial score (nSPS) is 11.1. The van der Waals surface area contributed by atoms with Crippen molar-refractivity contribution >= 4 is 11.5 Å². The first-order chi connectivity index (χ1) is 13.0. The molecule has 1 heterocycles. The summed E-state index contributed by atoms with van der Waals surface area (Å²) in [7, 11) is 1.63. The lowest BCUT2D eigenvalue weighted by Crippen LogP contribution is -2.00. The first-order valence-electron chi connectivity index (χ1n) is 8.51. The fourth-order valence-corrected chi connectivity index (χ4v) is 2.48. The van der Waals surface area contributed by atoms with E-state index >= 15 is 0 Å². The van der Waals surface area contributed by atoms with Crippen molar-refractivity contribution in [2.24, 2.45) is 0 Å². The van der Waals surface area contributed by atoms with Gasteiger partial charge in [0.25, 0.3) is 0 Å². The molecule has 0 aliphatic carbocycles. The molecule has 1 aromatic heterocycles. The third-order valence-electron chi connectivity index (χ3n) is 3.82. The lowest BCUT2D eigenvalue weighted by atomic mass is 10.2. The number of carbonyl (C=O) groups is 1. The predicted molar refractivity (Wildman–Crippen MR) is 105 cm³/mol. The molecule has 3 aromatic rings. The van der Waals surface area contributed by atoms with Crippen molar-refractivity contribution in [2.75, 3.05) is 12.4 Å². The van der Waals surface area contributed by atoms with Gasteiger partial charge in [0.15, 0.2) is 5.76 Å². The van der Waals surface area contributed by atoms with E-state index in [0.29, 0.717) is 11.5 Å². The van der Waals surface area contributed by atoms with Gasteiger partial charge in [-0.2, -0.15) is 0 Å². The summed E-state index contributed by atoms with van der Waals surface area (Å²) in [6.07, 6.45) is 1.51. The van der Waals surface area contributed by atoms with Gasteiger partial charge in [-0.25, -0.2) is 0 Å². The van der Waals surface area contributed by atoms with Crippen LogP contribution in [0, 0.1) is 6.92 Å². The molecule has 27 heavy (non-hydrogen) atoms. The number of allylic oxidation sites excluding steroid dienone is 2. The number of carbonyl (C=O) groups excluding carboxylic acids is 1. The molecule has 5 heteroatoms. The van der Waals surface area contributed by atoms with Crippen molar-refractivity contribution in [1.82, 2.24) is 0 Å². The van der Waals surface area contributed by atoms with Crippen LogP contribution in [0.15, 0.2) is 76.9 Å². The summed E-state index contributed by atoms with van der Waals surface area (Å²) < 4.78 is 16.3. The molecule has 3 rings (SSSR count). The maximum absolute atomic E-state index is 12.1. The number of aryl methyl sites for hydroxylation is 1. The predicted octanol–water partition coefficient (Wildman–Crippen LogP) is 5.59. The second kappa shape index (κ2) is 8.27. The van der Waals surface area contributed by atoms with Gasteiger partial charge in [-0.1, -0.05) is 0 Å². The maximum atomic E-state index is 12.1. The highest BCUT2D eigenvalue weighted by molar-refractivity contribution is 6.03. The zero-order chi connectivity index (χ0) is 19.2. The summed E-state index contributed by atoms with van der Waals surface area (Å²) in [5.41, 5.74) is 1.58. The van der Waals surface area contributed by atoms with E-state index < -0.39 is 0 Å². The molecule has 0 saturated heterocycles. The van der Waals surface area contributed by atoms with Crippen LogP contribution in [0.5, 0.6) is 17.2 Å². The summed E-state index contributed by atoms with van der Waals surface area (Å²) in [5, 5.41) is 3.18. The number of nitrogens with one attached hydrogen (secondary N) is 1. The van der Waals surface area contributed by atoms with E-state index in [0.717, 1.165) is 28.6 Å². The lowest BCUT2D eigenvalue weighted by Gasteiger charge is -2.09. The lowest BCUT2D eigenvalue weighted by molar-refractivity contribution is 0.102. The third kappa shape index (κ3) is 5.01. The Morgan fingerprint density at radius 1 is 0.926 bits per heavy atom.